The van der Waals surface area contributed by atoms with E-state index >= 15 is 0 Å². The molecule has 1 aromatic heterocycles. The number of nitrogens with zero attached hydrogens (tertiary/aromatic N) is 1. The highest BCUT2D eigenvalue weighted by molar-refractivity contribution is 5.84. The van der Waals surface area contributed by atoms with Crippen molar-refractivity contribution in [2.75, 3.05) is 11.9 Å². The van der Waals surface area contributed by atoms with Crippen LogP contribution in [-0.2, 0) is 5.41 Å². The second kappa shape index (κ2) is 4.97. The maximum Gasteiger partial charge on any atom is 0.126 e. The van der Waals surface area contributed by atoms with Gasteiger partial charge in [-0.2, -0.15) is 0 Å². The number of nitrogens with one attached hydrogen (secondary N) is 1. The predicted molar refractivity (Wildman–Crippen MR) is 79.2 cm³/mol. The van der Waals surface area contributed by atoms with Gasteiger partial charge in [0.05, 0.1) is 5.52 Å². The van der Waals surface area contributed by atoms with Crippen molar-refractivity contribution in [3.63, 3.8) is 0 Å². The highest BCUT2D eigenvalue weighted by Crippen LogP contribution is 2.29. The van der Waals surface area contributed by atoms with Gasteiger partial charge in [0, 0.05) is 11.9 Å². The second-order valence-electron chi connectivity index (χ2n) is 5.75. The van der Waals surface area contributed by atoms with Crippen LogP contribution in [0.2, 0.25) is 0 Å². The topological polar surface area (TPSA) is 24.9 Å². The molecular weight excluding hydrogens is 220 g/mol. The van der Waals surface area contributed by atoms with Crippen molar-refractivity contribution in [3.8, 4) is 0 Å². The van der Waals surface area contributed by atoms with E-state index in [0.717, 1.165) is 24.3 Å². The van der Waals surface area contributed by atoms with Crippen molar-refractivity contribution in [3.05, 3.63) is 35.9 Å². The standard InChI is InChI=1S/C16H22N2/c1-5-11-17-14-10-9-12-7-6-8-13(15(12)18-14)16(2,3)4/h6-10H,5,11H2,1-4H3,(H,17,18). The summed E-state index contributed by atoms with van der Waals surface area (Å²) in [6, 6.07) is 10.6. The van der Waals surface area contributed by atoms with E-state index in [1.807, 2.05) is 0 Å². The van der Waals surface area contributed by atoms with Gasteiger partial charge >= 0.3 is 0 Å². The molecule has 0 aliphatic rings. The molecule has 1 N–H and O–H groups in total. The lowest BCUT2D eigenvalue weighted by atomic mass is 9.85. The number of hydrogen-bond donors (Lipinski definition) is 1. The van der Waals surface area contributed by atoms with Gasteiger partial charge in [-0.3, -0.25) is 0 Å². The van der Waals surface area contributed by atoms with Crippen LogP contribution in [-0.4, -0.2) is 11.5 Å². The average Bonchev–Trinajstić information content (AvgIpc) is 2.34. The number of aromatic nitrogens is 1. The van der Waals surface area contributed by atoms with Gasteiger partial charge in [-0.25, -0.2) is 4.98 Å². The molecule has 0 unspecified atom stereocenters. The molecule has 0 fully saturated rings. The summed E-state index contributed by atoms with van der Waals surface area (Å²) in [5.41, 5.74) is 2.54. The van der Waals surface area contributed by atoms with Gasteiger partial charge in [-0.1, -0.05) is 45.9 Å². The summed E-state index contributed by atoms with van der Waals surface area (Å²) in [4.78, 5) is 4.77. The van der Waals surface area contributed by atoms with Crippen LogP contribution in [0.3, 0.4) is 0 Å². The van der Waals surface area contributed by atoms with Crippen LogP contribution >= 0.6 is 0 Å². The Labute approximate surface area is 109 Å². The first-order valence-electron chi connectivity index (χ1n) is 6.66. The first kappa shape index (κ1) is 12.9. The zero-order chi connectivity index (χ0) is 13.2. The fraction of sp³-hybridized carbons (Fsp3) is 0.438. The van der Waals surface area contributed by atoms with E-state index in [-0.39, 0.29) is 5.41 Å². The Morgan fingerprint density at radius 1 is 1.11 bits per heavy atom. The van der Waals surface area contributed by atoms with E-state index in [4.69, 9.17) is 4.98 Å². The molecule has 96 valence electrons. The summed E-state index contributed by atoms with van der Waals surface area (Å²) in [7, 11) is 0. The monoisotopic (exact) mass is 242 g/mol. The lowest BCUT2D eigenvalue weighted by Gasteiger charge is -2.21. The van der Waals surface area contributed by atoms with Crippen LogP contribution in [0.15, 0.2) is 30.3 Å². The van der Waals surface area contributed by atoms with Crippen molar-refractivity contribution < 1.29 is 0 Å². The molecule has 2 rings (SSSR count). The molecule has 2 aromatic rings. The first-order chi connectivity index (χ1) is 8.52. The molecule has 0 amide bonds. The third-order valence-corrected chi connectivity index (χ3v) is 3.08. The molecule has 0 bridgehead atoms. The van der Waals surface area contributed by atoms with Gasteiger partial charge in [0.15, 0.2) is 0 Å². The average molecular weight is 242 g/mol. The Balaban J connectivity index is 2.52. The van der Waals surface area contributed by atoms with Crippen molar-refractivity contribution in [1.29, 1.82) is 0 Å². The van der Waals surface area contributed by atoms with Gasteiger partial charge in [-0.05, 0) is 29.5 Å². The molecule has 2 nitrogen and oxygen atoms in total. The summed E-state index contributed by atoms with van der Waals surface area (Å²) in [5.74, 6) is 0.973. The Bertz CT molecular complexity index is 538. The highest BCUT2D eigenvalue weighted by atomic mass is 15.0. The van der Waals surface area contributed by atoms with E-state index in [1.54, 1.807) is 0 Å². The van der Waals surface area contributed by atoms with Crippen LogP contribution in [0, 0.1) is 0 Å². The van der Waals surface area contributed by atoms with E-state index in [2.05, 4.69) is 63.3 Å². The zero-order valence-corrected chi connectivity index (χ0v) is 11.7. The normalized spacial score (nSPS) is 11.8. The Kier molecular flexibility index (Phi) is 3.55. The third kappa shape index (κ3) is 2.63. The fourth-order valence-electron chi connectivity index (χ4n) is 2.10. The smallest absolute Gasteiger partial charge is 0.126 e. The summed E-state index contributed by atoms with van der Waals surface area (Å²) in [6.45, 7) is 9.83. The molecule has 0 atom stereocenters. The fourth-order valence-corrected chi connectivity index (χ4v) is 2.10. The van der Waals surface area contributed by atoms with Gasteiger partial charge in [0.25, 0.3) is 0 Å². The molecular formula is C16H22N2. The zero-order valence-electron chi connectivity index (χ0n) is 11.7. The third-order valence-electron chi connectivity index (χ3n) is 3.08. The molecule has 18 heavy (non-hydrogen) atoms. The van der Waals surface area contributed by atoms with Gasteiger partial charge in [0.1, 0.15) is 5.82 Å². The minimum absolute atomic E-state index is 0.121. The maximum absolute atomic E-state index is 4.77. The van der Waals surface area contributed by atoms with Crippen LogP contribution in [0.4, 0.5) is 5.82 Å². The minimum atomic E-state index is 0.121. The van der Waals surface area contributed by atoms with Gasteiger partial charge < -0.3 is 5.32 Å². The molecule has 0 aliphatic heterocycles. The summed E-state index contributed by atoms with van der Waals surface area (Å²) in [6.07, 6.45) is 1.11. The molecule has 1 heterocycles. The summed E-state index contributed by atoms with van der Waals surface area (Å²) in [5, 5.41) is 4.57. The van der Waals surface area contributed by atoms with Crippen LogP contribution < -0.4 is 5.32 Å². The Morgan fingerprint density at radius 3 is 2.56 bits per heavy atom. The molecule has 0 spiro atoms. The molecule has 0 saturated carbocycles. The van der Waals surface area contributed by atoms with E-state index in [0.29, 0.717) is 0 Å². The summed E-state index contributed by atoms with van der Waals surface area (Å²) < 4.78 is 0. The number of hydrogen-bond acceptors (Lipinski definition) is 2. The number of pyridine rings is 1. The van der Waals surface area contributed by atoms with Crippen molar-refractivity contribution >= 4 is 16.7 Å². The Morgan fingerprint density at radius 2 is 1.89 bits per heavy atom. The van der Waals surface area contributed by atoms with Crippen molar-refractivity contribution in [2.24, 2.45) is 0 Å². The molecule has 0 radical (unpaired) electrons. The molecule has 0 saturated heterocycles. The maximum atomic E-state index is 4.77. The van der Waals surface area contributed by atoms with Gasteiger partial charge in [-0.15, -0.1) is 0 Å². The number of fused-ring (bicyclic) bond motifs is 1. The Hall–Kier alpha value is -1.57. The second-order valence-corrected chi connectivity index (χ2v) is 5.75. The van der Waals surface area contributed by atoms with E-state index < -0.39 is 0 Å². The summed E-state index contributed by atoms with van der Waals surface area (Å²) >= 11 is 0. The number of benzene rings is 1. The van der Waals surface area contributed by atoms with Crippen LogP contribution in [0.5, 0.6) is 0 Å². The first-order valence-corrected chi connectivity index (χ1v) is 6.66. The quantitative estimate of drug-likeness (QED) is 0.865. The van der Waals surface area contributed by atoms with Crippen LogP contribution in [0.25, 0.3) is 10.9 Å². The highest BCUT2D eigenvalue weighted by Gasteiger charge is 2.17. The lowest BCUT2D eigenvalue weighted by molar-refractivity contribution is 0.594. The number of anilines is 1. The minimum Gasteiger partial charge on any atom is -0.370 e. The number of para-hydroxylation sites is 1. The van der Waals surface area contributed by atoms with E-state index in [1.165, 1.54) is 10.9 Å². The predicted octanol–water partition coefficient (Wildman–Crippen LogP) is 4.35. The largest absolute Gasteiger partial charge is 0.370 e. The van der Waals surface area contributed by atoms with Crippen molar-refractivity contribution in [1.82, 2.24) is 4.98 Å². The van der Waals surface area contributed by atoms with Gasteiger partial charge in [0.2, 0.25) is 0 Å². The van der Waals surface area contributed by atoms with E-state index in [9.17, 15) is 0 Å². The molecule has 1 aromatic carbocycles. The molecule has 0 aliphatic carbocycles. The number of rotatable bonds is 3. The molecule has 2 heteroatoms. The SMILES string of the molecule is CCCNc1ccc2cccc(C(C)(C)C)c2n1. The van der Waals surface area contributed by atoms with Crippen molar-refractivity contribution in [2.45, 2.75) is 39.5 Å². The lowest BCUT2D eigenvalue weighted by Crippen LogP contribution is -2.12. The van der Waals surface area contributed by atoms with Crippen LogP contribution in [0.1, 0.15) is 39.7 Å².